The molecule has 1 aromatic rings. The van der Waals surface area contributed by atoms with Crippen molar-refractivity contribution >= 4 is 10.3 Å². The molecule has 1 saturated carbocycles. The molecule has 2 aliphatic rings. The second-order valence-electron chi connectivity index (χ2n) is 5.45. The summed E-state index contributed by atoms with van der Waals surface area (Å²) in [5.41, 5.74) is 0.870. The normalized spacial score (nSPS) is 26.1. The van der Waals surface area contributed by atoms with Crippen LogP contribution in [-0.2, 0) is 10.3 Å². The lowest BCUT2D eigenvalue weighted by molar-refractivity contribution is 0.416. The highest BCUT2D eigenvalue weighted by Gasteiger charge is 2.28. The molecule has 5 heteroatoms. The Balaban J connectivity index is 1.83. The van der Waals surface area contributed by atoms with E-state index in [1.165, 1.54) is 32.1 Å². The van der Waals surface area contributed by atoms with E-state index in [9.17, 15) is 8.42 Å². The molecule has 4 nitrogen and oxygen atoms in total. The van der Waals surface area contributed by atoms with Crippen LogP contribution in [0.3, 0.4) is 0 Å². The van der Waals surface area contributed by atoms with Crippen molar-refractivity contribution in [2.75, 3.05) is 0 Å². The summed E-state index contributed by atoms with van der Waals surface area (Å²) in [4.78, 5) is 0. The van der Waals surface area contributed by atoms with Gasteiger partial charge in [0.2, 0.25) is 0 Å². The predicted molar refractivity (Wildman–Crippen MR) is 77.6 cm³/mol. The molecule has 108 valence electrons. The van der Waals surface area contributed by atoms with Crippen LogP contribution in [0.2, 0.25) is 0 Å². The van der Waals surface area contributed by atoms with Gasteiger partial charge >= 0.3 is 10.3 Å². The zero-order valence-corrected chi connectivity index (χ0v) is 12.1. The van der Waals surface area contributed by atoms with Crippen molar-refractivity contribution < 1.29 is 12.6 Å². The Labute approximate surface area is 120 Å². The van der Waals surface area contributed by atoms with Crippen LogP contribution in [0.1, 0.15) is 43.7 Å². The Morgan fingerprint density at radius 3 is 2.65 bits per heavy atom. The SMILES string of the molecule is O=S1(=O)N[C@H](/C=C/C2CCCCC2)c2ccccc2O1. The van der Waals surface area contributed by atoms with Gasteiger partial charge in [0.15, 0.2) is 0 Å². The topological polar surface area (TPSA) is 55.4 Å². The maximum Gasteiger partial charge on any atom is 0.383 e. The molecule has 1 heterocycles. The van der Waals surface area contributed by atoms with Crippen LogP contribution < -0.4 is 8.91 Å². The summed E-state index contributed by atoms with van der Waals surface area (Å²) < 4.78 is 30.9. The molecule has 1 N–H and O–H groups in total. The molecule has 1 aliphatic carbocycles. The van der Waals surface area contributed by atoms with Gasteiger partial charge in [-0.05, 0) is 24.8 Å². The number of hydrogen-bond acceptors (Lipinski definition) is 3. The van der Waals surface area contributed by atoms with Crippen LogP contribution in [0.4, 0.5) is 0 Å². The maximum absolute atomic E-state index is 11.7. The van der Waals surface area contributed by atoms with Gasteiger partial charge in [-0.25, -0.2) is 0 Å². The average molecular weight is 293 g/mol. The largest absolute Gasteiger partial charge is 0.383 e. The first-order valence-electron chi connectivity index (χ1n) is 7.13. The number of para-hydroxylation sites is 1. The summed E-state index contributed by atoms with van der Waals surface area (Å²) >= 11 is 0. The third-order valence-corrected chi connectivity index (χ3v) is 4.89. The zero-order valence-electron chi connectivity index (χ0n) is 11.3. The Morgan fingerprint density at radius 2 is 1.85 bits per heavy atom. The molecule has 0 amide bonds. The standard InChI is InChI=1S/C15H19NO3S/c17-20(18)16-14(11-10-12-6-2-1-3-7-12)13-8-4-5-9-15(13)19-20/h4-5,8-12,14,16H,1-3,6-7H2/b11-10+/t14-/m1/s1. The first-order valence-corrected chi connectivity index (χ1v) is 8.54. The molecule has 0 spiro atoms. The maximum atomic E-state index is 11.7. The first-order chi connectivity index (χ1) is 9.64. The molecule has 1 atom stereocenters. The summed E-state index contributed by atoms with van der Waals surface area (Å²) in [5, 5.41) is 0. The lowest BCUT2D eigenvalue weighted by Gasteiger charge is -2.25. The molecule has 1 aliphatic heterocycles. The van der Waals surface area contributed by atoms with E-state index in [1.807, 2.05) is 18.2 Å². The fourth-order valence-electron chi connectivity index (χ4n) is 2.91. The van der Waals surface area contributed by atoms with E-state index in [2.05, 4.69) is 10.8 Å². The summed E-state index contributed by atoms with van der Waals surface area (Å²) in [6.07, 6.45) is 10.4. The third-order valence-electron chi connectivity index (χ3n) is 3.95. The Morgan fingerprint density at radius 1 is 1.10 bits per heavy atom. The fraction of sp³-hybridized carbons (Fsp3) is 0.467. The zero-order chi connectivity index (χ0) is 14.0. The van der Waals surface area contributed by atoms with Gasteiger partial charge in [-0.2, -0.15) is 13.1 Å². The van der Waals surface area contributed by atoms with E-state index < -0.39 is 10.3 Å². The number of nitrogens with one attached hydrogen (secondary N) is 1. The van der Waals surface area contributed by atoms with Crippen molar-refractivity contribution in [1.82, 2.24) is 4.72 Å². The van der Waals surface area contributed by atoms with E-state index in [0.29, 0.717) is 11.7 Å². The van der Waals surface area contributed by atoms with Gasteiger partial charge in [-0.3, -0.25) is 0 Å². The van der Waals surface area contributed by atoms with Crippen molar-refractivity contribution in [2.24, 2.45) is 5.92 Å². The minimum Gasteiger partial charge on any atom is -0.371 e. The van der Waals surface area contributed by atoms with E-state index in [1.54, 1.807) is 12.1 Å². The molecular formula is C15H19NO3S. The highest BCUT2D eigenvalue weighted by molar-refractivity contribution is 7.85. The van der Waals surface area contributed by atoms with Gasteiger partial charge < -0.3 is 4.18 Å². The molecule has 20 heavy (non-hydrogen) atoms. The Bertz CT molecular complexity index is 603. The van der Waals surface area contributed by atoms with Crippen molar-refractivity contribution in [1.29, 1.82) is 0 Å². The Hall–Kier alpha value is -1.33. The van der Waals surface area contributed by atoms with Gasteiger partial charge in [0.25, 0.3) is 0 Å². The van der Waals surface area contributed by atoms with Crippen molar-refractivity contribution in [3.63, 3.8) is 0 Å². The van der Waals surface area contributed by atoms with Crippen molar-refractivity contribution in [3.05, 3.63) is 42.0 Å². The van der Waals surface area contributed by atoms with Crippen LogP contribution in [0, 0.1) is 5.92 Å². The predicted octanol–water partition coefficient (Wildman–Crippen LogP) is 3.09. The van der Waals surface area contributed by atoms with E-state index in [0.717, 1.165) is 5.56 Å². The van der Waals surface area contributed by atoms with Gasteiger partial charge in [0.05, 0.1) is 6.04 Å². The molecule has 3 rings (SSSR count). The quantitative estimate of drug-likeness (QED) is 0.852. The highest BCUT2D eigenvalue weighted by Crippen LogP contribution is 2.33. The number of fused-ring (bicyclic) bond motifs is 1. The minimum absolute atomic E-state index is 0.327. The molecule has 0 saturated heterocycles. The lowest BCUT2D eigenvalue weighted by atomic mass is 9.88. The van der Waals surface area contributed by atoms with Crippen LogP contribution in [-0.4, -0.2) is 8.42 Å². The molecule has 1 fully saturated rings. The second kappa shape index (κ2) is 5.58. The fourth-order valence-corrected chi connectivity index (χ4v) is 3.87. The van der Waals surface area contributed by atoms with Crippen LogP contribution >= 0.6 is 0 Å². The number of rotatable bonds is 2. The smallest absolute Gasteiger partial charge is 0.371 e. The summed E-state index contributed by atoms with van der Waals surface area (Å²) in [6.45, 7) is 0. The minimum atomic E-state index is -3.70. The van der Waals surface area contributed by atoms with Gasteiger partial charge in [-0.1, -0.05) is 49.6 Å². The monoisotopic (exact) mass is 293 g/mol. The van der Waals surface area contributed by atoms with E-state index in [-0.39, 0.29) is 6.04 Å². The lowest BCUT2D eigenvalue weighted by Crippen LogP contribution is -2.35. The number of benzene rings is 1. The molecule has 0 unspecified atom stereocenters. The van der Waals surface area contributed by atoms with E-state index in [4.69, 9.17) is 4.18 Å². The molecular weight excluding hydrogens is 274 g/mol. The molecule has 0 aromatic heterocycles. The van der Waals surface area contributed by atoms with Crippen LogP contribution in [0.25, 0.3) is 0 Å². The summed E-state index contributed by atoms with van der Waals surface area (Å²) in [6, 6.07) is 6.93. The molecule has 0 radical (unpaired) electrons. The summed E-state index contributed by atoms with van der Waals surface area (Å²) in [7, 11) is -3.70. The summed E-state index contributed by atoms with van der Waals surface area (Å²) in [5.74, 6) is 0.993. The van der Waals surface area contributed by atoms with Crippen molar-refractivity contribution in [3.8, 4) is 5.75 Å². The highest BCUT2D eigenvalue weighted by atomic mass is 32.2. The molecule has 0 bridgehead atoms. The third kappa shape index (κ3) is 3.04. The second-order valence-corrected chi connectivity index (χ2v) is 6.76. The van der Waals surface area contributed by atoms with Crippen LogP contribution in [0.15, 0.2) is 36.4 Å². The number of allylic oxidation sites excluding steroid dienone is 1. The first kappa shape index (κ1) is 13.6. The molecule has 1 aromatic carbocycles. The van der Waals surface area contributed by atoms with Crippen molar-refractivity contribution in [2.45, 2.75) is 38.1 Å². The Kier molecular flexibility index (Phi) is 3.81. The van der Waals surface area contributed by atoms with Crippen LogP contribution in [0.5, 0.6) is 5.75 Å². The van der Waals surface area contributed by atoms with Gasteiger partial charge in [0.1, 0.15) is 5.75 Å². The van der Waals surface area contributed by atoms with E-state index >= 15 is 0 Å². The van der Waals surface area contributed by atoms with Gasteiger partial charge in [-0.15, -0.1) is 0 Å². The van der Waals surface area contributed by atoms with Gasteiger partial charge in [0, 0.05) is 5.56 Å². The number of hydrogen-bond donors (Lipinski definition) is 1. The average Bonchev–Trinajstić information content (AvgIpc) is 2.45.